The summed E-state index contributed by atoms with van der Waals surface area (Å²) in [5, 5.41) is 14.8. The first kappa shape index (κ1) is 15.3. The normalized spacial score (nSPS) is 12.7. The Labute approximate surface area is 134 Å². The summed E-state index contributed by atoms with van der Waals surface area (Å²) < 4.78 is 1.99. The lowest BCUT2D eigenvalue weighted by molar-refractivity contribution is -0.122. The van der Waals surface area contributed by atoms with Gasteiger partial charge in [0, 0.05) is 17.1 Å². The molecular weight excluding hydrogens is 290 g/mol. The molecule has 0 aliphatic carbocycles. The quantitative estimate of drug-likeness (QED) is 0.760. The number of H-pyrrole nitrogens is 1. The number of carbonyl (C=O) groups is 1. The van der Waals surface area contributed by atoms with Crippen LogP contribution in [-0.4, -0.2) is 25.9 Å². The number of para-hydroxylation sites is 1. The first-order valence-corrected chi connectivity index (χ1v) is 7.75. The lowest BCUT2D eigenvalue weighted by Crippen LogP contribution is -2.34. The molecule has 1 unspecified atom stereocenters. The van der Waals surface area contributed by atoms with Crippen LogP contribution in [0.25, 0.3) is 10.9 Å². The topological polar surface area (TPSA) is 75.6 Å². The van der Waals surface area contributed by atoms with Gasteiger partial charge in [0.1, 0.15) is 12.2 Å². The van der Waals surface area contributed by atoms with Crippen molar-refractivity contribution < 1.29 is 4.79 Å². The van der Waals surface area contributed by atoms with Crippen molar-refractivity contribution >= 4 is 16.8 Å². The summed E-state index contributed by atoms with van der Waals surface area (Å²) in [5.74, 6) is 0.194. The molecular formula is C17H21N5O. The van der Waals surface area contributed by atoms with Crippen molar-refractivity contribution in [1.29, 1.82) is 0 Å². The molecule has 2 aromatic heterocycles. The summed E-state index contributed by atoms with van der Waals surface area (Å²) in [6.07, 6.45) is 3.67. The maximum absolute atomic E-state index is 12.5. The molecule has 1 aromatic carbocycles. The van der Waals surface area contributed by atoms with Gasteiger partial charge in [-0.05, 0) is 24.5 Å². The van der Waals surface area contributed by atoms with Crippen LogP contribution < -0.4 is 5.32 Å². The largest absolute Gasteiger partial charge is 0.346 e. The molecule has 1 atom stereocenters. The van der Waals surface area contributed by atoms with E-state index < -0.39 is 0 Å². The van der Waals surface area contributed by atoms with E-state index in [1.807, 2.05) is 29.0 Å². The lowest BCUT2D eigenvalue weighted by Gasteiger charge is -2.20. The highest BCUT2D eigenvalue weighted by molar-refractivity contribution is 5.86. The Morgan fingerprint density at radius 1 is 1.35 bits per heavy atom. The fraction of sp³-hybridized carbons (Fsp3) is 0.353. The first-order chi connectivity index (χ1) is 11.1. The molecule has 0 aliphatic rings. The van der Waals surface area contributed by atoms with Crippen molar-refractivity contribution in [2.24, 2.45) is 5.92 Å². The minimum atomic E-state index is -0.149. The predicted molar refractivity (Wildman–Crippen MR) is 88.8 cm³/mol. The van der Waals surface area contributed by atoms with Gasteiger partial charge in [0.2, 0.25) is 5.91 Å². The van der Waals surface area contributed by atoms with Crippen LogP contribution in [0.4, 0.5) is 0 Å². The minimum Gasteiger partial charge on any atom is -0.346 e. The van der Waals surface area contributed by atoms with E-state index in [2.05, 4.69) is 47.6 Å². The van der Waals surface area contributed by atoms with Crippen LogP contribution in [0.3, 0.4) is 0 Å². The molecule has 120 valence electrons. The zero-order valence-electron chi connectivity index (χ0n) is 13.6. The number of rotatable bonds is 5. The molecule has 3 rings (SSSR count). The molecule has 23 heavy (non-hydrogen) atoms. The lowest BCUT2D eigenvalue weighted by atomic mass is 10.0. The molecule has 2 heterocycles. The third-order valence-electron chi connectivity index (χ3n) is 4.04. The number of aromatic amines is 1. The number of hydrogen-bond donors (Lipinski definition) is 2. The average molecular weight is 311 g/mol. The van der Waals surface area contributed by atoms with E-state index in [1.54, 1.807) is 6.20 Å². The van der Waals surface area contributed by atoms with Crippen molar-refractivity contribution in [2.75, 3.05) is 0 Å². The van der Waals surface area contributed by atoms with Crippen molar-refractivity contribution in [3.8, 4) is 0 Å². The second kappa shape index (κ2) is 6.24. The Morgan fingerprint density at radius 2 is 2.13 bits per heavy atom. The maximum atomic E-state index is 12.5. The SMILES string of the molecule is Cc1cn(CC(=O)NC(c2cn[nH]n2)C(C)C)c2ccccc12. The van der Waals surface area contributed by atoms with E-state index in [0.29, 0.717) is 0 Å². The summed E-state index contributed by atoms with van der Waals surface area (Å²) in [6, 6.07) is 7.96. The number of benzene rings is 1. The number of amides is 1. The smallest absolute Gasteiger partial charge is 0.240 e. The number of aromatic nitrogens is 4. The van der Waals surface area contributed by atoms with E-state index >= 15 is 0 Å². The van der Waals surface area contributed by atoms with Crippen LogP contribution in [0, 0.1) is 12.8 Å². The van der Waals surface area contributed by atoms with Gasteiger partial charge in [-0.2, -0.15) is 15.4 Å². The van der Waals surface area contributed by atoms with Gasteiger partial charge in [-0.3, -0.25) is 4.79 Å². The van der Waals surface area contributed by atoms with Crippen LogP contribution in [0.5, 0.6) is 0 Å². The zero-order valence-corrected chi connectivity index (χ0v) is 13.6. The molecule has 6 heteroatoms. The Balaban J connectivity index is 1.78. The monoisotopic (exact) mass is 311 g/mol. The van der Waals surface area contributed by atoms with Crippen LogP contribution in [0.1, 0.15) is 31.1 Å². The van der Waals surface area contributed by atoms with Crippen LogP contribution in [0.15, 0.2) is 36.7 Å². The number of nitrogens with zero attached hydrogens (tertiary/aromatic N) is 3. The predicted octanol–water partition coefficient (Wildman–Crippen LogP) is 2.58. The second-order valence-electron chi connectivity index (χ2n) is 6.14. The van der Waals surface area contributed by atoms with E-state index in [0.717, 1.165) is 11.2 Å². The number of hydrogen-bond acceptors (Lipinski definition) is 3. The molecule has 3 aromatic rings. The number of nitrogens with one attached hydrogen (secondary N) is 2. The third kappa shape index (κ3) is 3.11. The van der Waals surface area contributed by atoms with E-state index in [-0.39, 0.29) is 24.4 Å². The number of carbonyl (C=O) groups excluding carboxylic acids is 1. The third-order valence-corrected chi connectivity index (χ3v) is 4.04. The molecule has 0 saturated heterocycles. The van der Waals surface area contributed by atoms with Crippen LogP contribution in [-0.2, 0) is 11.3 Å². The fourth-order valence-electron chi connectivity index (χ4n) is 2.88. The number of fused-ring (bicyclic) bond motifs is 1. The van der Waals surface area contributed by atoms with Gasteiger partial charge in [-0.1, -0.05) is 32.0 Å². The molecule has 1 amide bonds. The van der Waals surface area contributed by atoms with Crippen molar-refractivity contribution in [2.45, 2.75) is 33.4 Å². The van der Waals surface area contributed by atoms with Crippen molar-refractivity contribution in [3.63, 3.8) is 0 Å². The summed E-state index contributed by atoms with van der Waals surface area (Å²) in [6.45, 7) is 6.45. The highest BCUT2D eigenvalue weighted by atomic mass is 16.2. The minimum absolute atomic E-state index is 0.0348. The maximum Gasteiger partial charge on any atom is 0.240 e. The molecule has 0 aliphatic heterocycles. The summed E-state index contributed by atoms with van der Waals surface area (Å²) in [5.41, 5.74) is 3.00. The molecule has 0 radical (unpaired) electrons. The number of aryl methyl sites for hydroxylation is 1. The molecule has 6 nitrogen and oxygen atoms in total. The fourth-order valence-corrected chi connectivity index (χ4v) is 2.88. The van der Waals surface area contributed by atoms with Gasteiger partial charge >= 0.3 is 0 Å². The Bertz CT molecular complexity index is 804. The van der Waals surface area contributed by atoms with Gasteiger partial charge in [-0.15, -0.1) is 0 Å². The molecule has 2 N–H and O–H groups in total. The zero-order chi connectivity index (χ0) is 16.4. The Kier molecular flexibility index (Phi) is 4.14. The first-order valence-electron chi connectivity index (χ1n) is 7.75. The van der Waals surface area contributed by atoms with Gasteiger partial charge in [0.05, 0.1) is 12.2 Å². The molecule has 0 fully saturated rings. The van der Waals surface area contributed by atoms with Crippen LogP contribution >= 0.6 is 0 Å². The van der Waals surface area contributed by atoms with Crippen molar-refractivity contribution in [3.05, 3.63) is 47.9 Å². The molecule has 0 bridgehead atoms. The summed E-state index contributed by atoms with van der Waals surface area (Å²) in [7, 11) is 0. The van der Waals surface area contributed by atoms with E-state index in [4.69, 9.17) is 0 Å². The highest BCUT2D eigenvalue weighted by Crippen LogP contribution is 2.21. The highest BCUT2D eigenvalue weighted by Gasteiger charge is 2.21. The van der Waals surface area contributed by atoms with Crippen LogP contribution in [0.2, 0.25) is 0 Å². The van der Waals surface area contributed by atoms with Gasteiger partial charge in [0.15, 0.2) is 0 Å². The Morgan fingerprint density at radius 3 is 2.83 bits per heavy atom. The van der Waals surface area contributed by atoms with E-state index in [9.17, 15) is 4.79 Å². The van der Waals surface area contributed by atoms with Crippen molar-refractivity contribution in [1.82, 2.24) is 25.3 Å². The van der Waals surface area contributed by atoms with Gasteiger partial charge < -0.3 is 9.88 Å². The molecule has 0 spiro atoms. The van der Waals surface area contributed by atoms with E-state index in [1.165, 1.54) is 10.9 Å². The average Bonchev–Trinajstić information content (AvgIpc) is 3.14. The van der Waals surface area contributed by atoms with Gasteiger partial charge in [-0.25, -0.2) is 0 Å². The summed E-state index contributed by atoms with van der Waals surface area (Å²) >= 11 is 0. The van der Waals surface area contributed by atoms with Gasteiger partial charge in [0.25, 0.3) is 0 Å². The standard InChI is InChI=1S/C17H21N5O/c1-11(2)17(14-8-18-21-20-14)19-16(23)10-22-9-12(3)13-6-4-5-7-15(13)22/h4-9,11,17H,10H2,1-3H3,(H,19,23)(H,18,20,21). The Hall–Kier alpha value is -2.63. The second-order valence-corrected chi connectivity index (χ2v) is 6.14. The summed E-state index contributed by atoms with van der Waals surface area (Å²) in [4.78, 5) is 12.5. The molecule has 0 saturated carbocycles.